The summed E-state index contributed by atoms with van der Waals surface area (Å²) in [5.74, 6) is -1.05. The second kappa shape index (κ2) is 9.44. The minimum Gasteiger partial charge on any atom is -0.480 e. The highest BCUT2D eigenvalue weighted by atomic mass is 35.5. The van der Waals surface area contributed by atoms with Crippen molar-refractivity contribution in [2.24, 2.45) is 5.92 Å². The van der Waals surface area contributed by atoms with E-state index in [1.807, 2.05) is 12.1 Å². The first-order valence-corrected chi connectivity index (χ1v) is 10.3. The first-order valence-electron chi connectivity index (χ1n) is 9.53. The monoisotopic (exact) mass is 419 g/mol. The molecule has 1 amide bonds. The van der Waals surface area contributed by atoms with E-state index in [0.29, 0.717) is 33.5 Å². The fourth-order valence-electron chi connectivity index (χ4n) is 3.74. The SMILES string of the molecule is O=C(N[C@H](CC1CCCCC1)C(=O)O)c1ccc(Cl)c(-c2ccc(Cl)cc2)c1. The Morgan fingerprint density at radius 3 is 2.36 bits per heavy atom. The number of rotatable bonds is 6. The number of halogens is 2. The fraction of sp³-hybridized carbons (Fsp3) is 0.364. The van der Waals surface area contributed by atoms with Gasteiger partial charge in [-0.2, -0.15) is 0 Å². The van der Waals surface area contributed by atoms with Crippen LogP contribution in [0, 0.1) is 5.92 Å². The normalized spacial score (nSPS) is 15.8. The molecule has 1 atom stereocenters. The molecule has 0 aliphatic heterocycles. The molecule has 1 saturated carbocycles. The number of benzene rings is 2. The standard InChI is InChI=1S/C22H23Cl2NO3/c23-17-9-6-15(7-10-17)18-13-16(8-11-19(18)24)21(26)25-20(22(27)28)12-14-4-2-1-3-5-14/h6-11,13-14,20H,1-5,12H2,(H,25,26)(H,27,28)/t20-/m1/s1. The fourth-order valence-corrected chi connectivity index (χ4v) is 4.09. The molecule has 4 nitrogen and oxygen atoms in total. The maximum Gasteiger partial charge on any atom is 0.326 e. The van der Waals surface area contributed by atoms with Crippen molar-refractivity contribution in [3.8, 4) is 11.1 Å². The van der Waals surface area contributed by atoms with Crippen LogP contribution in [0.4, 0.5) is 0 Å². The number of aliphatic carboxylic acids is 1. The Morgan fingerprint density at radius 2 is 1.71 bits per heavy atom. The van der Waals surface area contributed by atoms with Gasteiger partial charge in [-0.25, -0.2) is 4.79 Å². The highest BCUT2D eigenvalue weighted by Gasteiger charge is 2.26. The zero-order valence-electron chi connectivity index (χ0n) is 15.5. The maximum absolute atomic E-state index is 12.7. The molecule has 0 unspecified atom stereocenters. The smallest absolute Gasteiger partial charge is 0.326 e. The van der Waals surface area contributed by atoms with Crippen LogP contribution in [0.15, 0.2) is 42.5 Å². The zero-order valence-corrected chi connectivity index (χ0v) is 17.0. The molecule has 0 heterocycles. The van der Waals surface area contributed by atoms with Crippen LogP contribution in [0.25, 0.3) is 11.1 Å². The van der Waals surface area contributed by atoms with Gasteiger partial charge in [-0.1, -0.05) is 67.4 Å². The molecule has 0 saturated heterocycles. The van der Waals surface area contributed by atoms with Gasteiger partial charge in [0.25, 0.3) is 5.91 Å². The Hall–Kier alpha value is -2.04. The lowest BCUT2D eigenvalue weighted by atomic mass is 9.85. The third-order valence-electron chi connectivity index (χ3n) is 5.28. The summed E-state index contributed by atoms with van der Waals surface area (Å²) in [5.41, 5.74) is 1.91. The van der Waals surface area contributed by atoms with Crippen molar-refractivity contribution < 1.29 is 14.7 Å². The van der Waals surface area contributed by atoms with Crippen molar-refractivity contribution in [2.45, 2.75) is 44.6 Å². The highest BCUT2D eigenvalue weighted by Crippen LogP contribution is 2.30. The number of nitrogens with one attached hydrogen (secondary N) is 1. The van der Waals surface area contributed by atoms with Crippen molar-refractivity contribution in [3.63, 3.8) is 0 Å². The van der Waals surface area contributed by atoms with Crippen LogP contribution >= 0.6 is 23.2 Å². The van der Waals surface area contributed by atoms with Crippen LogP contribution in [0.3, 0.4) is 0 Å². The third-order valence-corrected chi connectivity index (χ3v) is 5.86. The average Bonchev–Trinajstić information content (AvgIpc) is 2.69. The molecule has 3 rings (SSSR count). The van der Waals surface area contributed by atoms with Crippen LogP contribution < -0.4 is 5.32 Å². The van der Waals surface area contributed by atoms with Crippen molar-refractivity contribution in [1.82, 2.24) is 5.32 Å². The molecule has 0 bridgehead atoms. The van der Waals surface area contributed by atoms with Gasteiger partial charge in [-0.15, -0.1) is 0 Å². The highest BCUT2D eigenvalue weighted by molar-refractivity contribution is 6.33. The summed E-state index contributed by atoms with van der Waals surface area (Å²) >= 11 is 12.2. The molecule has 0 spiro atoms. The lowest BCUT2D eigenvalue weighted by Crippen LogP contribution is -2.42. The van der Waals surface area contributed by atoms with Crippen LogP contribution in [-0.2, 0) is 4.79 Å². The zero-order chi connectivity index (χ0) is 20.1. The number of amides is 1. The lowest BCUT2D eigenvalue weighted by Gasteiger charge is -2.25. The van der Waals surface area contributed by atoms with Crippen LogP contribution in [-0.4, -0.2) is 23.0 Å². The quantitative estimate of drug-likeness (QED) is 0.620. The average molecular weight is 420 g/mol. The Labute approximate surface area is 174 Å². The molecular formula is C22H23Cl2NO3. The van der Waals surface area contributed by atoms with Crippen LogP contribution in [0.5, 0.6) is 0 Å². The number of carboxylic acids is 1. The van der Waals surface area contributed by atoms with Crippen molar-refractivity contribution in [2.75, 3.05) is 0 Å². The van der Waals surface area contributed by atoms with Crippen molar-refractivity contribution in [1.29, 1.82) is 0 Å². The van der Waals surface area contributed by atoms with E-state index in [1.165, 1.54) is 6.42 Å². The minimum atomic E-state index is -0.995. The first-order chi connectivity index (χ1) is 13.4. The molecule has 0 aromatic heterocycles. The number of carbonyl (C=O) groups excluding carboxylic acids is 1. The molecule has 28 heavy (non-hydrogen) atoms. The number of carbonyl (C=O) groups is 2. The lowest BCUT2D eigenvalue weighted by molar-refractivity contribution is -0.139. The molecule has 2 aromatic carbocycles. The van der Waals surface area contributed by atoms with Gasteiger partial charge in [0.2, 0.25) is 0 Å². The van der Waals surface area contributed by atoms with E-state index >= 15 is 0 Å². The van der Waals surface area contributed by atoms with E-state index in [2.05, 4.69) is 5.32 Å². The van der Waals surface area contributed by atoms with Gasteiger partial charge in [-0.05, 0) is 48.2 Å². The summed E-state index contributed by atoms with van der Waals surface area (Å²) in [6.07, 6.45) is 6.00. The second-order valence-corrected chi connectivity index (χ2v) is 8.15. The van der Waals surface area contributed by atoms with Gasteiger partial charge in [0.05, 0.1) is 0 Å². The van der Waals surface area contributed by atoms with E-state index in [0.717, 1.165) is 31.2 Å². The topological polar surface area (TPSA) is 66.4 Å². The molecule has 2 N–H and O–H groups in total. The van der Waals surface area contributed by atoms with E-state index in [-0.39, 0.29) is 0 Å². The van der Waals surface area contributed by atoms with Crippen LogP contribution in [0.2, 0.25) is 10.0 Å². The third kappa shape index (κ3) is 5.27. The van der Waals surface area contributed by atoms with E-state index in [4.69, 9.17) is 23.2 Å². The second-order valence-electron chi connectivity index (χ2n) is 7.31. The largest absolute Gasteiger partial charge is 0.480 e. The van der Waals surface area contributed by atoms with Crippen molar-refractivity contribution >= 4 is 35.1 Å². The number of carboxylic acid groups (broad SMARTS) is 1. The summed E-state index contributed by atoms with van der Waals surface area (Å²) in [4.78, 5) is 24.4. The molecule has 0 radical (unpaired) electrons. The summed E-state index contributed by atoms with van der Waals surface area (Å²) in [6.45, 7) is 0. The molecule has 1 fully saturated rings. The van der Waals surface area contributed by atoms with Gasteiger partial charge < -0.3 is 10.4 Å². The Bertz CT molecular complexity index is 845. The Morgan fingerprint density at radius 1 is 1.04 bits per heavy atom. The predicted molar refractivity (Wildman–Crippen MR) is 112 cm³/mol. The van der Waals surface area contributed by atoms with Gasteiger partial charge in [0.15, 0.2) is 0 Å². The molecule has 2 aromatic rings. The molecule has 148 valence electrons. The predicted octanol–water partition coefficient (Wildman–Crippen LogP) is 5.81. The Kier molecular flexibility index (Phi) is 6.97. The first kappa shape index (κ1) is 20.7. The minimum absolute atomic E-state index is 0.352. The van der Waals surface area contributed by atoms with Crippen LogP contribution in [0.1, 0.15) is 48.9 Å². The van der Waals surface area contributed by atoms with E-state index < -0.39 is 17.9 Å². The summed E-state index contributed by atoms with van der Waals surface area (Å²) in [5, 5.41) is 13.4. The summed E-state index contributed by atoms with van der Waals surface area (Å²) < 4.78 is 0. The van der Waals surface area contributed by atoms with Gasteiger partial charge in [0, 0.05) is 21.2 Å². The number of hydrogen-bond acceptors (Lipinski definition) is 2. The molecule has 6 heteroatoms. The van der Waals surface area contributed by atoms with E-state index in [9.17, 15) is 14.7 Å². The molecule has 1 aliphatic rings. The van der Waals surface area contributed by atoms with Gasteiger partial charge >= 0.3 is 5.97 Å². The number of hydrogen-bond donors (Lipinski definition) is 2. The molecule has 1 aliphatic carbocycles. The van der Waals surface area contributed by atoms with Gasteiger partial charge in [-0.3, -0.25) is 4.79 Å². The molecular weight excluding hydrogens is 397 g/mol. The Balaban J connectivity index is 1.76. The summed E-state index contributed by atoms with van der Waals surface area (Å²) in [7, 11) is 0. The van der Waals surface area contributed by atoms with Gasteiger partial charge in [0.1, 0.15) is 6.04 Å². The van der Waals surface area contributed by atoms with E-state index in [1.54, 1.807) is 30.3 Å². The van der Waals surface area contributed by atoms with Crippen molar-refractivity contribution in [3.05, 3.63) is 58.1 Å². The maximum atomic E-state index is 12.7. The summed E-state index contributed by atoms with van der Waals surface area (Å²) in [6, 6.07) is 11.2.